The van der Waals surface area contributed by atoms with Gasteiger partial charge in [-0.15, -0.1) is 0 Å². The van der Waals surface area contributed by atoms with Crippen molar-refractivity contribution in [3.8, 4) is 0 Å². The standard InChI is InChI=1S/C17H24N2O4/c1-17(2,19-8-11(21)10-20)15(16(22)23-3)13-9-18-14-7-5-4-6-12(13)14/h4-7,9,11,15,18-21H,8,10H2,1-3H3. The molecule has 0 saturated heterocycles. The van der Waals surface area contributed by atoms with Crippen molar-refractivity contribution in [3.05, 3.63) is 36.0 Å². The summed E-state index contributed by atoms with van der Waals surface area (Å²) in [5.74, 6) is -0.916. The largest absolute Gasteiger partial charge is 0.468 e. The van der Waals surface area contributed by atoms with Gasteiger partial charge in [-0.25, -0.2) is 0 Å². The van der Waals surface area contributed by atoms with Gasteiger partial charge >= 0.3 is 5.97 Å². The maximum absolute atomic E-state index is 12.4. The van der Waals surface area contributed by atoms with Gasteiger partial charge in [-0.2, -0.15) is 0 Å². The molecule has 2 rings (SSSR count). The quantitative estimate of drug-likeness (QED) is 0.574. The Morgan fingerprint density at radius 2 is 2.09 bits per heavy atom. The number of esters is 1. The Morgan fingerprint density at radius 3 is 2.74 bits per heavy atom. The van der Waals surface area contributed by atoms with Gasteiger partial charge in [0, 0.05) is 29.2 Å². The third-order valence-corrected chi connectivity index (χ3v) is 4.09. The Kier molecular flexibility index (Phi) is 5.41. The maximum Gasteiger partial charge on any atom is 0.315 e. The molecule has 126 valence electrons. The fraction of sp³-hybridized carbons (Fsp3) is 0.471. The minimum absolute atomic E-state index is 0.180. The Hall–Kier alpha value is -1.89. The molecule has 4 N–H and O–H groups in total. The average Bonchev–Trinajstić information content (AvgIpc) is 2.96. The van der Waals surface area contributed by atoms with E-state index in [9.17, 15) is 9.90 Å². The van der Waals surface area contributed by atoms with Crippen molar-refractivity contribution >= 4 is 16.9 Å². The van der Waals surface area contributed by atoms with Crippen molar-refractivity contribution in [2.24, 2.45) is 0 Å². The number of methoxy groups -OCH3 is 1. The number of fused-ring (bicyclic) bond motifs is 1. The number of aliphatic hydroxyl groups is 2. The minimum atomic E-state index is -0.879. The second-order valence-corrected chi connectivity index (χ2v) is 6.18. The molecule has 0 radical (unpaired) electrons. The summed E-state index contributed by atoms with van der Waals surface area (Å²) in [7, 11) is 1.36. The van der Waals surface area contributed by atoms with Gasteiger partial charge < -0.3 is 25.3 Å². The van der Waals surface area contributed by atoms with Crippen LogP contribution in [-0.2, 0) is 9.53 Å². The molecule has 2 atom stereocenters. The number of aromatic amines is 1. The van der Waals surface area contributed by atoms with Crippen LogP contribution in [0.3, 0.4) is 0 Å². The molecule has 2 unspecified atom stereocenters. The lowest BCUT2D eigenvalue weighted by molar-refractivity contribution is -0.144. The van der Waals surface area contributed by atoms with E-state index in [-0.39, 0.29) is 19.1 Å². The van der Waals surface area contributed by atoms with Crippen LogP contribution in [0.1, 0.15) is 25.3 Å². The number of aromatic nitrogens is 1. The topological polar surface area (TPSA) is 94.6 Å². The van der Waals surface area contributed by atoms with E-state index in [1.165, 1.54) is 7.11 Å². The van der Waals surface area contributed by atoms with Gasteiger partial charge in [-0.3, -0.25) is 4.79 Å². The summed E-state index contributed by atoms with van der Waals surface area (Å²) in [5, 5.41) is 22.6. The Morgan fingerprint density at radius 1 is 1.39 bits per heavy atom. The summed E-state index contributed by atoms with van der Waals surface area (Å²) in [6.07, 6.45) is 0.938. The lowest BCUT2D eigenvalue weighted by atomic mass is 9.81. The van der Waals surface area contributed by atoms with Gasteiger partial charge in [0.05, 0.1) is 19.8 Å². The van der Waals surface area contributed by atoms with Gasteiger partial charge in [-0.1, -0.05) is 18.2 Å². The molecule has 2 aromatic rings. The lowest BCUT2D eigenvalue weighted by Crippen LogP contribution is -2.50. The average molecular weight is 320 g/mol. The van der Waals surface area contributed by atoms with E-state index in [1.54, 1.807) is 0 Å². The monoisotopic (exact) mass is 320 g/mol. The first-order valence-electron chi connectivity index (χ1n) is 7.58. The van der Waals surface area contributed by atoms with E-state index in [2.05, 4.69) is 10.3 Å². The van der Waals surface area contributed by atoms with Crippen LogP contribution in [0.15, 0.2) is 30.5 Å². The van der Waals surface area contributed by atoms with Crippen molar-refractivity contribution < 1.29 is 19.7 Å². The number of aliphatic hydroxyl groups excluding tert-OH is 2. The summed E-state index contributed by atoms with van der Waals surface area (Å²) in [6, 6.07) is 7.75. The summed E-state index contributed by atoms with van der Waals surface area (Å²) < 4.78 is 5.00. The first-order chi connectivity index (χ1) is 10.9. The summed E-state index contributed by atoms with van der Waals surface area (Å²) in [4.78, 5) is 15.6. The zero-order valence-electron chi connectivity index (χ0n) is 13.7. The van der Waals surface area contributed by atoms with Gasteiger partial charge in [0.25, 0.3) is 0 Å². The van der Waals surface area contributed by atoms with Crippen molar-refractivity contribution in [1.82, 2.24) is 10.3 Å². The predicted octanol–water partition coefficient (Wildman–Crippen LogP) is 1.15. The Balaban J connectivity index is 2.39. The lowest BCUT2D eigenvalue weighted by Gasteiger charge is -2.34. The second kappa shape index (κ2) is 7.12. The summed E-state index contributed by atoms with van der Waals surface area (Å²) in [6.45, 7) is 3.60. The van der Waals surface area contributed by atoms with E-state index in [1.807, 2.05) is 44.3 Å². The highest BCUT2D eigenvalue weighted by atomic mass is 16.5. The van der Waals surface area contributed by atoms with Crippen LogP contribution >= 0.6 is 0 Å². The number of hydrogen-bond acceptors (Lipinski definition) is 5. The van der Waals surface area contributed by atoms with E-state index in [0.29, 0.717) is 0 Å². The molecule has 0 aliphatic rings. The zero-order chi connectivity index (χ0) is 17.0. The maximum atomic E-state index is 12.4. The van der Waals surface area contributed by atoms with E-state index in [4.69, 9.17) is 9.84 Å². The van der Waals surface area contributed by atoms with Crippen LogP contribution in [-0.4, -0.2) is 53.1 Å². The number of benzene rings is 1. The minimum Gasteiger partial charge on any atom is -0.468 e. The van der Waals surface area contributed by atoms with Crippen LogP contribution in [0.5, 0.6) is 0 Å². The number of nitrogens with one attached hydrogen (secondary N) is 2. The molecule has 1 aromatic carbocycles. The number of carbonyl (C=O) groups is 1. The molecule has 0 aliphatic heterocycles. The molecule has 0 saturated carbocycles. The third-order valence-electron chi connectivity index (χ3n) is 4.09. The highest BCUT2D eigenvalue weighted by Crippen LogP contribution is 2.34. The van der Waals surface area contributed by atoms with Gasteiger partial charge in [0.2, 0.25) is 0 Å². The van der Waals surface area contributed by atoms with Gasteiger partial charge in [0.15, 0.2) is 0 Å². The molecule has 0 aliphatic carbocycles. The molecule has 1 aromatic heterocycles. The van der Waals surface area contributed by atoms with Gasteiger partial charge in [0.1, 0.15) is 5.92 Å². The molecule has 6 nitrogen and oxygen atoms in total. The van der Waals surface area contributed by atoms with Crippen molar-refractivity contribution in [1.29, 1.82) is 0 Å². The van der Waals surface area contributed by atoms with Crippen molar-refractivity contribution in [3.63, 3.8) is 0 Å². The normalized spacial score (nSPS) is 14.7. The molecular weight excluding hydrogens is 296 g/mol. The summed E-state index contributed by atoms with van der Waals surface area (Å²) in [5.41, 5.74) is 1.11. The Bertz CT molecular complexity index is 665. The predicted molar refractivity (Wildman–Crippen MR) is 88.2 cm³/mol. The molecule has 1 heterocycles. The molecule has 0 spiro atoms. The van der Waals surface area contributed by atoms with Crippen LogP contribution in [0, 0.1) is 0 Å². The molecular formula is C17H24N2O4. The molecule has 23 heavy (non-hydrogen) atoms. The van der Waals surface area contributed by atoms with Gasteiger partial charge in [-0.05, 0) is 25.5 Å². The molecule has 0 bridgehead atoms. The first-order valence-corrected chi connectivity index (χ1v) is 7.58. The van der Waals surface area contributed by atoms with E-state index < -0.39 is 17.6 Å². The van der Waals surface area contributed by atoms with E-state index in [0.717, 1.165) is 16.5 Å². The number of H-pyrrole nitrogens is 1. The smallest absolute Gasteiger partial charge is 0.315 e. The third kappa shape index (κ3) is 3.72. The summed E-state index contributed by atoms with van der Waals surface area (Å²) >= 11 is 0. The number of carbonyl (C=O) groups excluding carboxylic acids is 1. The van der Waals surface area contributed by atoms with Crippen LogP contribution < -0.4 is 5.32 Å². The number of hydrogen-bond donors (Lipinski definition) is 4. The number of para-hydroxylation sites is 1. The zero-order valence-corrected chi connectivity index (χ0v) is 13.7. The second-order valence-electron chi connectivity index (χ2n) is 6.18. The first kappa shape index (κ1) is 17.5. The highest BCUT2D eigenvalue weighted by Gasteiger charge is 2.38. The van der Waals surface area contributed by atoms with Crippen LogP contribution in [0.25, 0.3) is 10.9 Å². The molecule has 0 fully saturated rings. The van der Waals surface area contributed by atoms with E-state index >= 15 is 0 Å². The fourth-order valence-electron chi connectivity index (χ4n) is 2.81. The SMILES string of the molecule is COC(=O)C(c1c[nH]c2ccccc12)C(C)(C)NCC(O)CO. The van der Waals surface area contributed by atoms with Crippen LogP contribution in [0.2, 0.25) is 0 Å². The fourth-order valence-corrected chi connectivity index (χ4v) is 2.81. The number of ether oxygens (including phenoxy) is 1. The van der Waals surface area contributed by atoms with Crippen molar-refractivity contribution in [2.45, 2.75) is 31.4 Å². The van der Waals surface area contributed by atoms with Crippen LogP contribution in [0.4, 0.5) is 0 Å². The number of rotatable bonds is 7. The van der Waals surface area contributed by atoms with Crippen molar-refractivity contribution in [2.75, 3.05) is 20.3 Å². The Labute approximate surface area is 135 Å². The highest BCUT2D eigenvalue weighted by molar-refractivity contribution is 5.90. The molecule has 0 amide bonds. The number of β-amino-alcohol motifs (C(OH)–C–C–N with tert-alkyl or cyclic N) is 1. The molecule has 6 heteroatoms.